The summed E-state index contributed by atoms with van der Waals surface area (Å²) >= 11 is 1.62. The van der Waals surface area contributed by atoms with Crippen molar-refractivity contribution in [1.82, 2.24) is 5.32 Å². The van der Waals surface area contributed by atoms with Gasteiger partial charge >= 0.3 is 0 Å². The van der Waals surface area contributed by atoms with Gasteiger partial charge in [-0.15, -0.1) is 11.8 Å². The molecule has 2 rings (SSSR count). The zero-order valence-corrected chi connectivity index (χ0v) is 11.5. The maximum atomic E-state index is 9.30. The van der Waals surface area contributed by atoms with Crippen molar-refractivity contribution in [3.63, 3.8) is 0 Å². The Morgan fingerprint density at radius 2 is 2.33 bits per heavy atom. The summed E-state index contributed by atoms with van der Waals surface area (Å²) in [5.74, 6) is 0. The standard InChI is InChI=1S/C14H19N3S/c1-18-14-7-4-6-13(12(14)9-15)17-11-5-2-3-8-16-10-11/h4,6-7,11,16-17H,2-3,5,8,10H2,1H3. The van der Waals surface area contributed by atoms with E-state index in [0.29, 0.717) is 6.04 Å². The van der Waals surface area contributed by atoms with Crippen LogP contribution in [-0.4, -0.2) is 25.4 Å². The predicted octanol–water partition coefficient (Wildman–Crippen LogP) is 2.83. The van der Waals surface area contributed by atoms with Crippen molar-refractivity contribution in [1.29, 1.82) is 5.26 Å². The Bertz CT molecular complexity index is 431. The van der Waals surface area contributed by atoms with Gasteiger partial charge in [0.2, 0.25) is 0 Å². The van der Waals surface area contributed by atoms with E-state index in [1.165, 1.54) is 19.3 Å². The first-order valence-electron chi connectivity index (χ1n) is 6.39. The third kappa shape index (κ3) is 3.18. The molecule has 1 saturated heterocycles. The first-order valence-corrected chi connectivity index (χ1v) is 7.62. The van der Waals surface area contributed by atoms with Gasteiger partial charge in [0.05, 0.1) is 11.3 Å². The third-order valence-electron chi connectivity index (χ3n) is 3.26. The smallest absolute Gasteiger partial charge is 0.102 e. The molecule has 3 nitrogen and oxygen atoms in total. The van der Waals surface area contributed by atoms with Gasteiger partial charge in [0.15, 0.2) is 0 Å². The molecule has 0 spiro atoms. The summed E-state index contributed by atoms with van der Waals surface area (Å²) in [6, 6.07) is 8.76. The van der Waals surface area contributed by atoms with Gasteiger partial charge in [0.1, 0.15) is 6.07 Å². The number of nitrogens with zero attached hydrogens (tertiary/aromatic N) is 1. The van der Waals surface area contributed by atoms with Crippen LogP contribution >= 0.6 is 11.8 Å². The Labute approximate surface area is 113 Å². The summed E-state index contributed by atoms with van der Waals surface area (Å²) in [5.41, 5.74) is 1.74. The van der Waals surface area contributed by atoms with Crippen LogP contribution in [-0.2, 0) is 0 Å². The fraction of sp³-hybridized carbons (Fsp3) is 0.500. The van der Waals surface area contributed by atoms with E-state index < -0.39 is 0 Å². The molecular formula is C14H19N3S. The van der Waals surface area contributed by atoms with Crippen molar-refractivity contribution in [2.45, 2.75) is 30.2 Å². The molecule has 1 aromatic carbocycles. The van der Waals surface area contributed by atoms with E-state index in [2.05, 4.69) is 16.7 Å². The molecule has 0 bridgehead atoms. The molecule has 0 amide bonds. The summed E-state index contributed by atoms with van der Waals surface area (Å²) in [6.07, 6.45) is 5.66. The molecule has 96 valence electrons. The Balaban J connectivity index is 2.15. The zero-order chi connectivity index (χ0) is 12.8. The minimum Gasteiger partial charge on any atom is -0.380 e. The van der Waals surface area contributed by atoms with Crippen LogP contribution in [0.1, 0.15) is 24.8 Å². The Kier molecular flexibility index (Phi) is 4.91. The second-order valence-corrected chi connectivity index (χ2v) is 5.38. The van der Waals surface area contributed by atoms with E-state index >= 15 is 0 Å². The summed E-state index contributed by atoms with van der Waals surface area (Å²) in [4.78, 5) is 1.05. The van der Waals surface area contributed by atoms with Gasteiger partial charge in [-0.1, -0.05) is 12.5 Å². The average Bonchev–Trinajstić information content (AvgIpc) is 2.67. The van der Waals surface area contributed by atoms with Crippen LogP contribution in [0, 0.1) is 11.3 Å². The molecule has 0 aromatic heterocycles. The quantitative estimate of drug-likeness (QED) is 0.821. The van der Waals surface area contributed by atoms with E-state index in [0.717, 1.165) is 29.2 Å². The lowest BCUT2D eigenvalue weighted by Gasteiger charge is -2.19. The van der Waals surface area contributed by atoms with E-state index in [1.807, 2.05) is 24.5 Å². The highest BCUT2D eigenvalue weighted by molar-refractivity contribution is 7.98. The van der Waals surface area contributed by atoms with Gasteiger partial charge in [-0.05, 0) is 37.8 Å². The summed E-state index contributed by atoms with van der Waals surface area (Å²) in [7, 11) is 0. The Morgan fingerprint density at radius 3 is 3.11 bits per heavy atom. The van der Waals surface area contributed by atoms with Crippen molar-refractivity contribution in [2.24, 2.45) is 0 Å². The predicted molar refractivity (Wildman–Crippen MR) is 77.1 cm³/mol. The van der Waals surface area contributed by atoms with Crippen molar-refractivity contribution < 1.29 is 0 Å². The number of nitriles is 1. The first-order chi connectivity index (χ1) is 8.85. The normalized spacial score (nSPS) is 19.9. The lowest BCUT2D eigenvalue weighted by atomic mass is 10.1. The maximum Gasteiger partial charge on any atom is 0.102 e. The molecular weight excluding hydrogens is 242 g/mol. The molecule has 4 heteroatoms. The number of benzene rings is 1. The molecule has 18 heavy (non-hydrogen) atoms. The van der Waals surface area contributed by atoms with Crippen LogP contribution in [0.4, 0.5) is 5.69 Å². The van der Waals surface area contributed by atoms with Crippen molar-refractivity contribution in [3.05, 3.63) is 23.8 Å². The molecule has 1 aliphatic rings. The third-order valence-corrected chi connectivity index (χ3v) is 4.04. The molecule has 1 unspecified atom stereocenters. The molecule has 0 radical (unpaired) electrons. The van der Waals surface area contributed by atoms with Crippen LogP contribution in [0.2, 0.25) is 0 Å². The molecule has 1 aliphatic heterocycles. The molecule has 0 aliphatic carbocycles. The molecule has 1 atom stereocenters. The molecule has 0 saturated carbocycles. The topological polar surface area (TPSA) is 47.8 Å². The van der Waals surface area contributed by atoms with E-state index in [-0.39, 0.29) is 0 Å². The summed E-state index contributed by atoms with van der Waals surface area (Å²) < 4.78 is 0. The number of rotatable bonds is 3. The maximum absolute atomic E-state index is 9.30. The van der Waals surface area contributed by atoms with Crippen molar-refractivity contribution in [3.8, 4) is 6.07 Å². The molecule has 1 aromatic rings. The summed E-state index contributed by atoms with van der Waals surface area (Å²) in [5, 5.41) is 16.2. The number of hydrogen-bond donors (Lipinski definition) is 2. The highest BCUT2D eigenvalue weighted by Gasteiger charge is 2.14. The van der Waals surface area contributed by atoms with Crippen molar-refractivity contribution >= 4 is 17.4 Å². The highest BCUT2D eigenvalue weighted by Crippen LogP contribution is 2.27. The van der Waals surface area contributed by atoms with Crippen LogP contribution in [0.3, 0.4) is 0 Å². The molecule has 2 N–H and O–H groups in total. The van der Waals surface area contributed by atoms with Gasteiger partial charge in [-0.2, -0.15) is 5.26 Å². The number of thioether (sulfide) groups is 1. The van der Waals surface area contributed by atoms with Gasteiger partial charge in [-0.25, -0.2) is 0 Å². The van der Waals surface area contributed by atoms with Gasteiger partial charge in [0, 0.05) is 17.5 Å². The van der Waals surface area contributed by atoms with Crippen molar-refractivity contribution in [2.75, 3.05) is 24.7 Å². The second kappa shape index (κ2) is 6.67. The first kappa shape index (κ1) is 13.3. The molecule has 1 heterocycles. The van der Waals surface area contributed by atoms with E-state index in [4.69, 9.17) is 0 Å². The van der Waals surface area contributed by atoms with Gasteiger partial charge < -0.3 is 10.6 Å². The monoisotopic (exact) mass is 261 g/mol. The lowest BCUT2D eigenvalue weighted by molar-refractivity contribution is 0.636. The minimum absolute atomic E-state index is 0.428. The SMILES string of the molecule is CSc1cccc(NC2CCCCNC2)c1C#N. The van der Waals surface area contributed by atoms with E-state index in [9.17, 15) is 5.26 Å². The number of nitrogens with one attached hydrogen (secondary N) is 2. The Morgan fingerprint density at radius 1 is 1.44 bits per heavy atom. The van der Waals surface area contributed by atoms with Gasteiger partial charge in [-0.3, -0.25) is 0 Å². The highest BCUT2D eigenvalue weighted by atomic mass is 32.2. The number of hydrogen-bond acceptors (Lipinski definition) is 4. The number of anilines is 1. The van der Waals surface area contributed by atoms with E-state index in [1.54, 1.807) is 11.8 Å². The summed E-state index contributed by atoms with van der Waals surface area (Å²) in [6.45, 7) is 2.09. The van der Waals surface area contributed by atoms with Crippen LogP contribution in [0.5, 0.6) is 0 Å². The zero-order valence-electron chi connectivity index (χ0n) is 10.7. The van der Waals surface area contributed by atoms with Crippen LogP contribution < -0.4 is 10.6 Å². The van der Waals surface area contributed by atoms with Crippen LogP contribution in [0.15, 0.2) is 23.1 Å². The van der Waals surface area contributed by atoms with Gasteiger partial charge in [0.25, 0.3) is 0 Å². The fourth-order valence-corrected chi connectivity index (χ4v) is 2.87. The second-order valence-electron chi connectivity index (χ2n) is 4.54. The fourth-order valence-electron chi connectivity index (χ4n) is 2.30. The lowest BCUT2D eigenvalue weighted by Crippen LogP contribution is -2.31. The largest absolute Gasteiger partial charge is 0.380 e. The minimum atomic E-state index is 0.428. The van der Waals surface area contributed by atoms with Crippen LogP contribution in [0.25, 0.3) is 0 Å². The Hall–Kier alpha value is -1.18. The molecule has 1 fully saturated rings. The average molecular weight is 261 g/mol.